The molecule has 0 saturated carbocycles. The Kier molecular flexibility index (Phi) is 15.4. The summed E-state index contributed by atoms with van der Waals surface area (Å²) < 4.78 is 22.9. The number of aryl methyl sites for hydroxylation is 1. The standard InChI is InChI=1S/C40H50N4O8/c1-28-23-35(49-2)31(36(24-28)50-3)18-9-6-13-21-41-38(46)32(19-12-14-22-42-40(48)52-27-29-15-7-5-8-16-29)43-39(47)34-25-30-17-10-11-20-33(30)44(34)26-37(45)51-4/h5,7-8,10-11,15-17,20,23-25,32H,6,9,12-14,18-19,21-22,26-27H2,1-4H3,(H,41,46)(H,42,48)(H,43,47)/t32-/m1/s1. The van der Waals surface area contributed by atoms with E-state index in [1.807, 2.05) is 73.7 Å². The van der Waals surface area contributed by atoms with E-state index in [2.05, 4.69) is 16.0 Å². The van der Waals surface area contributed by atoms with Gasteiger partial charge in [0.25, 0.3) is 5.91 Å². The quantitative estimate of drug-likeness (QED) is 0.0762. The van der Waals surface area contributed by atoms with Crippen molar-refractivity contribution in [2.24, 2.45) is 0 Å². The number of alkyl carbamates (subject to hydrolysis) is 1. The molecule has 1 aromatic heterocycles. The van der Waals surface area contributed by atoms with Crippen LogP contribution in [0, 0.1) is 6.92 Å². The van der Waals surface area contributed by atoms with Gasteiger partial charge in [-0.05, 0) is 80.8 Å². The third-order valence-electron chi connectivity index (χ3n) is 8.74. The molecule has 0 aliphatic carbocycles. The molecule has 0 saturated heterocycles. The SMILES string of the molecule is COC(=O)Cn1c(C(=O)N[C@H](CCCCNC(=O)OCc2ccccc2)C(=O)NCCCCCc2c(OC)cc(C)cc2OC)cc2ccccc21. The summed E-state index contributed by atoms with van der Waals surface area (Å²) >= 11 is 0. The maximum absolute atomic E-state index is 13.7. The van der Waals surface area contributed by atoms with Crippen molar-refractivity contribution in [3.05, 3.63) is 95.2 Å². The molecule has 3 aromatic carbocycles. The number of nitrogens with zero attached hydrogens (tertiary/aromatic N) is 1. The molecule has 4 rings (SSSR count). The topological polar surface area (TPSA) is 146 Å². The molecule has 52 heavy (non-hydrogen) atoms. The number of ether oxygens (including phenoxy) is 4. The molecular formula is C40H50N4O8. The van der Waals surface area contributed by atoms with Gasteiger partial charge in [0.05, 0.1) is 21.3 Å². The zero-order chi connectivity index (χ0) is 37.3. The van der Waals surface area contributed by atoms with Crippen LogP contribution in [0.3, 0.4) is 0 Å². The summed E-state index contributed by atoms with van der Waals surface area (Å²) in [6.45, 7) is 2.79. The first-order valence-electron chi connectivity index (χ1n) is 17.6. The molecule has 1 heterocycles. The van der Waals surface area contributed by atoms with Crippen LogP contribution in [0.1, 0.15) is 65.7 Å². The lowest BCUT2D eigenvalue weighted by Crippen LogP contribution is -2.47. The molecule has 4 aromatic rings. The lowest BCUT2D eigenvalue weighted by Gasteiger charge is -2.19. The lowest BCUT2D eigenvalue weighted by atomic mass is 10.0. The van der Waals surface area contributed by atoms with Crippen LogP contribution in [0.2, 0.25) is 0 Å². The molecule has 0 radical (unpaired) electrons. The molecule has 12 heteroatoms. The van der Waals surface area contributed by atoms with Crippen molar-refractivity contribution in [1.29, 1.82) is 0 Å². The maximum Gasteiger partial charge on any atom is 0.407 e. The summed E-state index contributed by atoms with van der Waals surface area (Å²) in [5.41, 5.74) is 3.91. The number of rotatable bonds is 20. The van der Waals surface area contributed by atoms with Crippen LogP contribution < -0.4 is 25.4 Å². The van der Waals surface area contributed by atoms with E-state index in [1.165, 1.54) is 7.11 Å². The number of hydrogen-bond donors (Lipinski definition) is 3. The summed E-state index contributed by atoms with van der Waals surface area (Å²) in [6, 6.07) is 21.6. The normalized spacial score (nSPS) is 11.4. The number of para-hydroxylation sites is 1. The fraction of sp³-hybridized carbons (Fsp3) is 0.400. The van der Waals surface area contributed by atoms with Crippen molar-refractivity contribution in [2.45, 2.75) is 71.1 Å². The lowest BCUT2D eigenvalue weighted by molar-refractivity contribution is -0.141. The molecule has 0 unspecified atom stereocenters. The summed E-state index contributed by atoms with van der Waals surface area (Å²) in [5.74, 6) is 0.311. The van der Waals surface area contributed by atoms with Gasteiger partial charge in [-0.3, -0.25) is 14.4 Å². The number of nitrogens with one attached hydrogen (secondary N) is 3. The van der Waals surface area contributed by atoms with E-state index < -0.39 is 24.0 Å². The first kappa shape index (κ1) is 39.3. The molecule has 0 aliphatic rings. The van der Waals surface area contributed by atoms with Crippen molar-refractivity contribution in [3.63, 3.8) is 0 Å². The fourth-order valence-corrected chi connectivity index (χ4v) is 6.00. The second-order valence-electron chi connectivity index (χ2n) is 12.5. The minimum Gasteiger partial charge on any atom is -0.496 e. The van der Waals surface area contributed by atoms with Gasteiger partial charge in [0.1, 0.15) is 36.4 Å². The van der Waals surface area contributed by atoms with E-state index >= 15 is 0 Å². The second kappa shape index (κ2) is 20.4. The van der Waals surface area contributed by atoms with Gasteiger partial charge < -0.3 is 39.5 Å². The Labute approximate surface area is 305 Å². The van der Waals surface area contributed by atoms with Crippen LogP contribution in [0.15, 0.2) is 72.8 Å². The summed E-state index contributed by atoms with van der Waals surface area (Å²) in [4.78, 5) is 51.6. The molecular weight excluding hydrogens is 664 g/mol. The highest BCUT2D eigenvalue weighted by Gasteiger charge is 2.24. The van der Waals surface area contributed by atoms with Crippen LogP contribution in [-0.4, -0.2) is 68.9 Å². The number of esters is 1. The number of aromatic nitrogens is 1. The molecule has 3 N–H and O–H groups in total. The average molecular weight is 715 g/mol. The maximum atomic E-state index is 13.7. The number of unbranched alkanes of at least 4 members (excludes halogenated alkanes) is 3. The van der Waals surface area contributed by atoms with Crippen molar-refractivity contribution in [2.75, 3.05) is 34.4 Å². The number of carbonyl (C=O) groups is 4. The monoisotopic (exact) mass is 714 g/mol. The smallest absolute Gasteiger partial charge is 0.407 e. The van der Waals surface area contributed by atoms with Crippen molar-refractivity contribution >= 4 is 34.8 Å². The zero-order valence-electron chi connectivity index (χ0n) is 30.5. The van der Waals surface area contributed by atoms with E-state index in [1.54, 1.807) is 24.9 Å². The second-order valence-corrected chi connectivity index (χ2v) is 12.5. The van der Waals surface area contributed by atoms with Gasteiger partial charge in [0.2, 0.25) is 5.91 Å². The Balaban J connectivity index is 1.33. The van der Waals surface area contributed by atoms with E-state index in [0.717, 1.165) is 59.3 Å². The van der Waals surface area contributed by atoms with E-state index in [4.69, 9.17) is 18.9 Å². The van der Waals surface area contributed by atoms with E-state index in [-0.39, 0.29) is 24.8 Å². The fourth-order valence-electron chi connectivity index (χ4n) is 6.00. The minimum atomic E-state index is -0.844. The molecule has 0 bridgehead atoms. The van der Waals surface area contributed by atoms with Crippen LogP contribution in [0.4, 0.5) is 4.79 Å². The Morgan fingerprint density at radius 2 is 1.44 bits per heavy atom. The highest BCUT2D eigenvalue weighted by molar-refractivity contribution is 6.01. The largest absolute Gasteiger partial charge is 0.496 e. The van der Waals surface area contributed by atoms with Crippen LogP contribution >= 0.6 is 0 Å². The average Bonchev–Trinajstić information content (AvgIpc) is 3.53. The number of carbonyl (C=O) groups excluding carboxylic acids is 4. The number of benzene rings is 3. The summed E-state index contributed by atoms with van der Waals surface area (Å²) in [6.07, 6.45) is 4.16. The van der Waals surface area contributed by atoms with E-state index in [0.29, 0.717) is 37.9 Å². The molecule has 1 atom stereocenters. The Bertz CT molecular complexity index is 1760. The van der Waals surface area contributed by atoms with Crippen LogP contribution in [-0.2, 0) is 38.6 Å². The van der Waals surface area contributed by atoms with Gasteiger partial charge >= 0.3 is 12.1 Å². The van der Waals surface area contributed by atoms with Crippen LogP contribution in [0.5, 0.6) is 11.5 Å². The van der Waals surface area contributed by atoms with Crippen molar-refractivity contribution < 1.29 is 38.1 Å². The Hall–Kier alpha value is -5.52. The molecule has 0 fully saturated rings. The third-order valence-corrected chi connectivity index (χ3v) is 8.74. The van der Waals surface area contributed by atoms with Gasteiger partial charge in [-0.1, -0.05) is 55.0 Å². The number of methoxy groups -OCH3 is 3. The minimum absolute atomic E-state index is 0.157. The first-order valence-corrected chi connectivity index (χ1v) is 17.6. The summed E-state index contributed by atoms with van der Waals surface area (Å²) in [5, 5.41) is 9.42. The van der Waals surface area contributed by atoms with Crippen LogP contribution in [0.25, 0.3) is 10.9 Å². The van der Waals surface area contributed by atoms with Gasteiger partial charge in [0.15, 0.2) is 0 Å². The van der Waals surface area contributed by atoms with Gasteiger partial charge in [-0.2, -0.15) is 0 Å². The molecule has 0 spiro atoms. The molecule has 3 amide bonds. The highest BCUT2D eigenvalue weighted by Crippen LogP contribution is 2.32. The predicted octanol–water partition coefficient (Wildman–Crippen LogP) is 5.86. The van der Waals surface area contributed by atoms with E-state index in [9.17, 15) is 19.2 Å². The van der Waals surface area contributed by atoms with Crippen molar-refractivity contribution in [3.8, 4) is 11.5 Å². The van der Waals surface area contributed by atoms with Crippen molar-refractivity contribution in [1.82, 2.24) is 20.5 Å². The number of hydrogen-bond acceptors (Lipinski definition) is 8. The van der Waals surface area contributed by atoms with Gasteiger partial charge in [-0.15, -0.1) is 0 Å². The Morgan fingerprint density at radius 1 is 0.769 bits per heavy atom. The molecule has 278 valence electrons. The first-order chi connectivity index (χ1) is 25.2. The highest BCUT2D eigenvalue weighted by atomic mass is 16.5. The molecule has 12 nitrogen and oxygen atoms in total. The number of fused-ring (bicyclic) bond motifs is 1. The zero-order valence-corrected chi connectivity index (χ0v) is 30.5. The summed E-state index contributed by atoms with van der Waals surface area (Å²) in [7, 11) is 4.60. The van der Waals surface area contributed by atoms with Gasteiger partial charge in [0, 0.05) is 29.6 Å². The third kappa shape index (κ3) is 11.5. The number of amides is 3. The predicted molar refractivity (Wildman–Crippen MR) is 199 cm³/mol. The Morgan fingerprint density at radius 3 is 2.15 bits per heavy atom. The van der Waals surface area contributed by atoms with Gasteiger partial charge in [-0.25, -0.2) is 4.79 Å². The molecule has 0 aliphatic heterocycles.